The molecule has 0 radical (unpaired) electrons. The summed E-state index contributed by atoms with van der Waals surface area (Å²) in [6.07, 6.45) is -0.0370. The Balaban J connectivity index is 0.00000288. The van der Waals surface area contributed by atoms with E-state index in [0.717, 1.165) is 11.3 Å². The molecule has 1 fully saturated rings. The van der Waals surface area contributed by atoms with Gasteiger partial charge in [0.2, 0.25) is 10.4 Å². The van der Waals surface area contributed by atoms with Crippen LogP contribution in [0.1, 0.15) is 12.0 Å². The van der Waals surface area contributed by atoms with E-state index in [1.807, 2.05) is 24.3 Å². The first kappa shape index (κ1) is 22.5. The number of benzene rings is 1. The zero-order chi connectivity index (χ0) is 16.9. The van der Waals surface area contributed by atoms with Gasteiger partial charge in [0.15, 0.2) is 0 Å². The molecular weight excluding hydrogens is 385 g/mol. The van der Waals surface area contributed by atoms with Crippen LogP contribution < -0.4 is 56.3 Å². The Morgan fingerprint density at radius 3 is 2.54 bits per heavy atom. The third-order valence-electron chi connectivity index (χ3n) is 3.41. The molecule has 1 aromatic rings. The van der Waals surface area contributed by atoms with Gasteiger partial charge >= 0.3 is 51.4 Å². The third kappa shape index (κ3) is 7.36. The Bertz CT molecular complexity index is 639. The maximum Gasteiger partial charge on any atom is 1.00 e. The van der Waals surface area contributed by atoms with Gasteiger partial charge in [-0.1, -0.05) is 12.1 Å². The van der Waals surface area contributed by atoms with E-state index >= 15 is 0 Å². The second-order valence-electron chi connectivity index (χ2n) is 5.08. The maximum atomic E-state index is 11.7. The molecule has 0 bridgehead atoms. The average Bonchev–Trinajstić information content (AvgIpc) is 2.51. The molecule has 0 unspecified atom stereocenters. The first-order chi connectivity index (χ1) is 10.9. The van der Waals surface area contributed by atoms with Gasteiger partial charge < -0.3 is 14.2 Å². The van der Waals surface area contributed by atoms with E-state index in [9.17, 15) is 17.8 Å². The minimum atomic E-state index is -4.76. The van der Waals surface area contributed by atoms with Crippen LogP contribution in [0.15, 0.2) is 24.3 Å². The standard InChI is InChI=1S/C14H18ClNO6S.K/c15-9-13(22-23(18,19)20)6-3-11-1-4-12(5-2-11)16-7-8-21-10-14(16)17;/h1-2,4-5,13H,3,6-10H2,(H,18,19,20);/q;+1/p-1/t13-;/m1./s1. The number of nitrogens with zero attached hydrogens (tertiary/aromatic N) is 1. The van der Waals surface area contributed by atoms with Crippen molar-refractivity contribution in [3.8, 4) is 0 Å². The fourth-order valence-electron chi connectivity index (χ4n) is 2.28. The number of aryl methyl sites for hydroxylation is 1. The molecule has 1 aromatic carbocycles. The minimum Gasteiger partial charge on any atom is -0.726 e. The molecule has 10 heteroatoms. The number of halogens is 1. The van der Waals surface area contributed by atoms with Crippen LogP contribution in [0.2, 0.25) is 0 Å². The predicted molar refractivity (Wildman–Crippen MR) is 83.2 cm³/mol. The van der Waals surface area contributed by atoms with Gasteiger partial charge in [0.25, 0.3) is 5.91 Å². The number of anilines is 1. The van der Waals surface area contributed by atoms with Gasteiger partial charge in [-0.3, -0.25) is 8.98 Å². The number of ether oxygens (including phenoxy) is 1. The SMILES string of the molecule is O=C1COCCN1c1ccc(CC[C@H](CCl)OS(=O)(=O)[O-])cc1.[K+]. The van der Waals surface area contributed by atoms with Crippen LogP contribution in [-0.2, 0) is 30.5 Å². The van der Waals surface area contributed by atoms with Crippen molar-refractivity contribution in [3.05, 3.63) is 29.8 Å². The Kier molecular flexibility index (Phi) is 9.89. The van der Waals surface area contributed by atoms with Crippen LogP contribution in [0.5, 0.6) is 0 Å². The quantitative estimate of drug-likeness (QED) is 0.228. The monoisotopic (exact) mass is 401 g/mol. The van der Waals surface area contributed by atoms with E-state index in [0.29, 0.717) is 26.0 Å². The predicted octanol–water partition coefficient (Wildman–Crippen LogP) is -1.93. The Labute approximate surface area is 189 Å². The first-order valence-electron chi connectivity index (χ1n) is 7.06. The minimum absolute atomic E-state index is 0. The number of morpholine rings is 1. The van der Waals surface area contributed by atoms with Crippen LogP contribution in [0.25, 0.3) is 0 Å². The first-order valence-corrected chi connectivity index (χ1v) is 8.93. The third-order valence-corrected chi connectivity index (χ3v) is 4.27. The molecule has 1 saturated heterocycles. The van der Waals surface area contributed by atoms with E-state index in [1.54, 1.807) is 4.90 Å². The zero-order valence-electron chi connectivity index (χ0n) is 13.3. The van der Waals surface area contributed by atoms with E-state index in [-0.39, 0.29) is 69.8 Å². The van der Waals surface area contributed by atoms with Gasteiger partial charge in [0, 0.05) is 12.2 Å². The molecule has 0 spiro atoms. The second-order valence-corrected chi connectivity index (χ2v) is 6.40. The van der Waals surface area contributed by atoms with Gasteiger partial charge in [0.05, 0.1) is 18.6 Å². The van der Waals surface area contributed by atoms with E-state index in [4.69, 9.17) is 16.3 Å². The molecule has 1 heterocycles. The molecule has 1 aliphatic rings. The molecule has 0 N–H and O–H groups in total. The second kappa shape index (κ2) is 10.6. The molecule has 0 aliphatic carbocycles. The van der Waals surface area contributed by atoms with Crippen LogP contribution >= 0.6 is 11.6 Å². The summed E-state index contributed by atoms with van der Waals surface area (Å²) in [5.74, 6) is -0.165. The van der Waals surface area contributed by atoms with Crippen molar-refractivity contribution in [1.29, 1.82) is 0 Å². The zero-order valence-corrected chi connectivity index (χ0v) is 18.0. The Morgan fingerprint density at radius 2 is 2.00 bits per heavy atom. The fraction of sp³-hybridized carbons (Fsp3) is 0.500. The smallest absolute Gasteiger partial charge is 0.726 e. The molecule has 7 nitrogen and oxygen atoms in total. The molecule has 1 amide bonds. The van der Waals surface area contributed by atoms with Crippen molar-refractivity contribution in [2.24, 2.45) is 0 Å². The largest absolute Gasteiger partial charge is 1.00 e. The summed E-state index contributed by atoms with van der Waals surface area (Å²) in [5, 5.41) is 0. The summed E-state index contributed by atoms with van der Waals surface area (Å²) in [6.45, 7) is 1.10. The Morgan fingerprint density at radius 1 is 1.33 bits per heavy atom. The van der Waals surface area contributed by atoms with E-state index in [2.05, 4.69) is 4.18 Å². The van der Waals surface area contributed by atoms with Crippen LogP contribution in [0.4, 0.5) is 5.69 Å². The number of carbonyl (C=O) groups excluding carboxylic acids is 1. The van der Waals surface area contributed by atoms with Gasteiger partial charge in [0.1, 0.15) is 6.61 Å². The average molecular weight is 402 g/mol. The van der Waals surface area contributed by atoms with Crippen molar-refractivity contribution in [1.82, 2.24) is 0 Å². The number of rotatable bonds is 7. The summed E-state index contributed by atoms with van der Waals surface area (Å²) < 4.78 is 41.2. The Hall–Kier alpha value is 0.446. The molecule has 2 rings (SSSR count). The van der Waals surface area contributed by atoms with Crippen molar-refractivity contribution < 1.29 is 78.1 Å². The van der Waals surface area contributed by atoms with Crippen molar-refractivity contribution >= 4 is 33.6 Å². The number of hydrogen-bond donors (Lipinski definition) is 0. The van der Waals surface area contributed by atoms with E-state index < -0.39 is 16.5 Å². The summed E-state index contributed by atoms with van der Waals surface area (Å²) in [6, 6.07) is 7.32. The molecule has 128 valence electrons. The van der Waals surface area contributed by atoms with E-state index in [1.165, 1.54) is 0 Å². The maximum absolute atomic E-state index is 11.7. The molecule has 1 atom stereocenters. The summed E-state index contributed by atoms with van der Waals surface area (Å²) in [7, 11) is -4.76. The van der Waals surface area contributed by atoms with Crippen LogP contribution in [0.3, 0.4) is 0 Å². The van der Waals surface area contributed by atoms with Gasteiger partial charge in [-0.25, -0.2) is 8.42 Å². The van der Waals surface area contributed by atoms with Gasteiger partial charge in [-0.15, -0.1) is 11.6 Å². The van der Waals surface area contributed by atoms with Crippen molar-refractivity contribution in [2.75, 3.05) is 30.5 Å². The van der Waals surface area contributed by atoms with Crippen LogP contribution in [0, 0.1) is 0 Å². The van der Waals surface area contributed by atoms with Crippen LogP contribution in [-0.4, -0.2) is 50.6 Å². The molecule has 0 saturated carbocycles. The van der Waals surface area contributed by atoms with Gasteiger partial charge in [-0.2, -0.15) is 0 Å². The van der Waals surface area contributed by atoms with Gasteiger partial charge in [-0.05, 0) is 30.5 Å². The number of hydrogen-bond acceptors (Lipinski definition) is 6. The summed E-state index contributed by atoms with van der Waals surface area (Å²) >= 11 is 5.60. The number of alkyl halides is 1. The summed E-state index contributed by atoms with van der Waals surface area (Å²) in [5.41, 5.74) is 1.71. The normalized spacial score (nSPS) is 16.6. The molecule has 0 aromatic heterocycles. The number of carbonyl (C=O) groups is 1. The fourth-order valence-corrected chi connectivity index (χ4v) is 3.07. The summed E-state index contributed by atoms with van der Waals surface area (Å²) in [4.78, 5) is 13.4. The topological polar surface area (TPSA) is 96.0 Å². The molecular formula is C14H17ClKNO6S. The molecule has 24 heavy (non-hydrogen) atoms. The number of amides is 1. The van der Waals surface area contributed by atoms with Crippen molar-refractivity contribution in [2.45, 2.75) is 18.9 Å². The molecule has 1 aliphatic heterocycles. The van der Waals surface area contributed by atoms with Crippen molar-refractivity contribution in [3.63, 3.8) is 0 Å².